The molecule has 0 radical (unpaired) electrons. The topological polar surface area (TPSA) is 24.9 Å². The van der Waals surface area contributed by atoms with Gasteiger partial charge in [-0.15, -0.1) is 11.3 Å². The molecule has 0 aliphatic rings. The number of hydrogen-bond acceptors (Lipinski definition) is 3. The van der Waals surface area contributed by atoms with Crippen LogP contribution in [-0.4, -0.2) is 11.5 Å². The van der Waals surface area contributed by atoms with E-state index in [2.05, 4.69) is 57.4 Å². The van der Waals surface area contributed by atoms with E-state index in [0.717, 1.165) is 23.9 Å². The van der Waals surface area contributed by atoms with E-state index in [1.807, 2.05) is 11.6 Å². The molecule has 0 saturated carbocycles. The Labute approximate surface area is 121 Å². The van der Waals surface area contributed by atoms with Crippen LogP contribution in [0.5, 0.6) is 0 Å². The molecule has 2 nitrogen and oxygen atoms in total. The van der Waals surface area contributed by atoms with Crippen LogP contribution >= 0.6 is 27.3 Å². The lowest BCUT2D eigenvalue weighted by Gasteiger charge is -2.18. The monoisotopic (exact) mass is 324 g/mol. The molecule has 0 spiro atoms. The van der Waals surface area contributed by atoms with Crippen molar-refractivity contribution in [3.63, 3.8) is 0 Å². The van der Waals surface area contributed by atoms with Gasteiger partial charge in [0.25, 0.3) is 0 Å². The minimum Gasteiger partial charge on any atom is -0.310 e. The molecular formula is C14H17BrN2S. The van der Waals surface area contributed by atoms with Gasteiger partial charge in [-0.1, -0.05) is 35.0 Å². The molecule has 1 aromatic carbocycles. The highest BCUT2D eigenvalue weighted by Gasteiger charge is 2.13. The number of nitrogens with one attached hydrogen (secondary N) is 1. The highest BCUT2D eigenvalue weighted by molar-refractivity contribution is 9.10. The average molecular weight is 325 g/mol. The molecule has 1 atom stereocenters. The SMILES string of the molecule is CCCNC(Cc1nccs1)c1cccc(Br)c1. The first-order valence-corrected chi connectivity index (χ1v) is 7.84. The largest absolute Gasteiger partial charge is 0.310 e. The van der Waals surface area contributed by atoms with Crippen molar-refractivity contribution in [2.24, 2.45) is 0 Å². The van der Waals surface area contributed by atoms with Crippen molar-refractivity contribution in [2.45, 2.75) is 25.8 Å². The molecule has 0 bridgehead atoms. The maximum absolute atomic E-state index is 4.38. The number of rotatable bonds is 6. The fourth-order valence-corrected chi connectivity index (χ4v) is 2.96. The van der Waals surface area contributed by atoms with Crippen LogP contribution in [0.25, 0.3) is 0 Å². The zero-order valence-electron chi connectivity index (χ0n) is 10.4. The van der Waals surface area contributed by atoms with Gasteiger partial charge in [0.2, 0.25) is 0 Å². The first-order chi connectivity index (χ1) is 8.79. The third-order valence-electron chi connectivity index (χ3n) is 2.75. The summed E-state index contributed by atoms with van der Waals surface area (Å²) in [5.41, 5.74) is 1.31. The van der Waals surface area contributed by atoms with Gasteiger partial charge < -0.3 is 5.32 Å². The number of hydrogen-bond donors (Lipinski definition) is 1. The first-order valence-electron chi connectivity index (χ1n) is 6.17. The fourth-order valence-electron chi connectivity index (χ4n) is 1.88. The zero-order chi connectivity index (χ0) is 12.8. The second-order valence-corrected chi connectivity index (χ2v) is 6.09. The summed E-state index contributed by atoms with van der Waals surface area (Å²) in [6, 6.07) is 8.84. The Morgan fingerprint density at radius 1 is 1.44 bits per heavy atom. The molecule has 2 aromatic rings. The van der Waals surface area contributed by atoms with Gasteiger partial charge in [-0.25, -0.2) is 4.98 Å². The fraction of sp³-hybridized carbons (Fsp3) is 0.357. The van der Waals surface area contributed by atoms with Gasteiger partial charge in [-0.3, -0.25) is 0 Å². The third-order valence-corrected chi connectivity index (χ3v) is 4.05. The van der Waals surface area contributed by atoms with Gasteiger partial charge in [0.1, 0.15) is 0 Å². The predicted molar refractivity (Wildman–Crippen MR) is 81.0 cm³/mol. The number of thiazole rings is 1. The molecule has 96 valence electrons. The molecule has 0 saturated heterocycles. The van der Waals surface area contributed by atoms with Crippen LogP contribution in [0.15, 0.2) is 40.3 Å². The minimum absolute atomic E-state index is 0.341. The molecule has 1 N–H and O–H groups in total. The highest BCUT2D eigenvalue weighted by atomic mass is 79.9. The Balaban J connectivity index is 2.13. The summed E-state index contributed by atoms with van der Waals surface area (Å²) in [5, 5.41) is 6.82. The first kappa shape index (κ1) is 13.7. The molecule has 2 rings (SSSR count). The van der Waals surface area contributed by atoms with E-state index in [9.17, 15) is 0 Å². The Morgan fingerprint density at radius 3 is 3.00 bits per heavy atom. The van der Waals surface area contributed by atoms with E-state index < -0.39 is 0 Å². The molecule has 1 unspecified atom stereocenters. The van der Waals surface area contributed by atoms with Gasteiger partial charge in [0, 0.05) is 28.5 Å². The van der Waals surface area contributed by atoms with Gasteiger partial charge >= 0.3 is 0 Å². The molecule has 1 heterocycles. The summed E-state index contributed by atoms with van der Waals surface area (Å²) in [7, 11) is 0. The Morgan fingerprint density at radius 2 is 2.33 bits per heavy atom. The van der Waals surface area contributed by atoms with E-state index in [4.69, 9.17) is 0 Å². The second-order valence-electron chi connectivity index (χ2n) is 4.19. The smallest absolute Gasteiger partial charge is 0.0943 e. The number of benzene rings is 1. The maximum Gasteiger partial charge on any atom is 0.0943 e. The molecule has 0 fully saturated rings. The van der Waals surface area contributed by atoms with Crippen molar-refractivity contribution in [1.29, 1.82) is 0 Å². The van der Waals surface area contributed by atoms with Crippen molar-refractivity contribution in [2.75, 3.05) is 6.54 Å². The summed E-state index contributed by atoms with van der Waals surface area (Å²) in [5.74, 6) is 0. The molecule has 18 heavy (non-hydrogen) atoms. The van der Waals surface area contributed by atoms with E-state index in [1.54, 1.807) is 11.3 Å². The Bertz CT molecular complexity index is 470. The summed E-state index contributed by atoms with van der Waals surface area (Å²) in [6.45, 7) is 3.22. The van der Waals surface area contributed by atoms with Crippen LogP contribution < -0.4 is 5.32 Å². The van der Waals surface area contributed by atoms with E-state index in [1.165, 1.54) is 10.6 Å². The maximum atomic E-state index is 4.38. The lowest BCUT2D eigenvalue weighted by molar-refractivity contribution is 0.528. The number of nitrogens with zero attached hydrogens (tertiary/aromatic N) is 1. The van der Waals surface area contributed by atoms with Crippen LogP contribution in [-0.2, 0) is 6.42 Å². The van der Waals surface area contributed by atoms with Crippen LogP contribution in [0.2, 0.25) is 0 Å². The molecule has 0 amide bonds. The van der Waals surface area contributed by atoms with E-state index >= 15 is 0 Å². The zero-order valence-corrected chi connectivity index (χ0v) is 12.8. The third kappa shape index (κ3) is 3.90. The van der Waals surface area contributed by atoms with E-state index in [-0.39, 0.29) is 0 Å². The van der Waals surface area contributed by atoms with Gasteiger partial charge in [-0.05, 0) is 30.7 Å². The quantitative estimate of drug-likeness (QED) is 0.861. The molecule has 0 aliphatic heterocycles. The minimum atomic E-state index is 0.341. The standard InChI is InChI=1S/C14H17BrN2S/c1-2-6-16-13(10-14-17-7-8-18-14)11-4-3-5-12(15)9-11/h3-5,7-9,13,16H,2,6,10H2,1H3. The molecule has 4 heteroatoms. The van der Waals surface area contributed by atoms with Crippen LogP contribution in [0, 0.1) is 0 Å². The lowest BCUT2D eigenvalue weighted by Crippen LogP contribution is -2.24. The van der Waals surface area contributed by atoms with Crippen LogP contribution in [0.3, 0.4) is 0 Å². The predicted octanol–water partition coefficient (Wildman–Crippen LogP) is 4.19. The summed E-state index contributed by atoms with van der Waals surface area (Å²) < 4.78 is 1.13. The van der Waals surface area contributed by atoms with Crippen LogP contribution in [0.4, 0.5) is 0 Å². The average Bonchev–Trinajstić information content (AvgIpc) is 2.87. The molecular weight excluding hydrogens is 308 g/mol. The number of aromatic nitrogens is 1. The molecule has 1 aromatic heterocycles. The molecule has 0 aliphatic carbocycles. The highest BCUT2D eigenvalue weighted by Crippen LogP contribution is 2.22. The van der Waals surface area contributed by atoms with Gasteiger partial charge in [-0.2, -0.15) is 0 Å². The normalized spacial score (nSPS) is 12.6. The summed E-state index contributed by atoms with van der Waals surface area (Å²) >= 11 is 5.26. The second kappa shape index (κ2) is 7.02. The van der Waals surface area contributed by atoms with Crippen molar-refractivity contribution in [3.05, 3.63) is 50.9 Å². The summed E-state index contributed by atoms with van der Waals surface area (Å²) in [6.07, 6.45) is 3.97. The van der Waals surface area contributed by atoms with Gasteiger partial charge in [0.15, 0.2) is 0 Å². The van der Waals surface area contributed by atoms with Crippen molar-refractivity contribution in [3.8, 4) is 0 Å². The van der Waals surface area contributed by atoms with E-state index in [0.29, 0.717) is 6.04 Å². The van der Waals surface area contributed by atoms with Crippen molar-refractivity contribution in [1.82, 2.24) is 10.3 Å². The van der Waals surface area contributed by atoms with Gasteiger partial charge in [0.05, 0.1) is 5.01 Å². The summed E-state index contributed by atoms with van der Waals surface area (Å²) in [4.78, 5) is 4.38. The Kier molecular flexibility index (Phi) is 5.35. The van der Waals surface area contributed by atoms with Crippen molar-refractivity contribution >= 4 is 27.3 Å². The van der Waals surface area contributed by atoms with Crippen molar-refractivity contribution < 1.29 is 0 Å². The Hall–Kier alpha value is -0.710. The number of halogens is 1. The van der Waals surface area contributed by atoms with Crippen LogP contribution in [0.1, 0.15) is 30.0 Å². The lowest BCUT2D eigenvalue weighted by atomic mass is 10.0.